The van der Waals surface area contributed by atoms with Crippen LogP contribution in [0.5, 0.6) is 0 Å². The van der Waals surface area contributed by atoms with Gasteiger partial charge in [0.05, 0.1) is 6.61 Å². The van der Waals surface area contributed by atoms with Crippen molar-refractivity contribution in [2.75, 3.05) is 6.61 Å². The summed E-state index contributed by atoms with van der Waals surface area (Å²) >= 11 is 0. The Morgan fingerprint density at radius 1 is 0.737 bits per heavy atom. The molecule has 0 aromatic rings. The maximum atomic E-state index is 9.92. The monoisotopic (exact) mass is 270 g/mol. The SMILES string of the molecule is CC(C)CCCCCCCCCCCCCOC=O. The van der Waals surface area contributed by atoms with Gasteiger partial charge >= 0.3 is 0 Å². The van der Waals surface area contributed by atoms with Gasteiger partial charge in [-0.25, -0.2) is 0 Å². The summed E-state index contributed by atoms with van der Waals surface area (Å²) in [5.74, 6) is 0.872. The molecule has 0 heterocycles. The van der Waals surface area contributed by atoms with Crippen molar-refractivity contribution in [1.29, 1.82) is 0 Å². The summed E-state index contributed by atoms with van der Waals surface area (Å²) in [4.78, 5) is 9.92. The third kappa shape index (κ3) is 17.5. The molecule has 0 spiro atoms. The summed E-state index contributed by atoms with van der Waals surface area (Å²) in [6, 6.07) is 0. The van der Waals surface area contributed by atoms with Crippen molar-refractivity contribution in [3.8, 4) is 0 Å². The average molecular weight is 270 g/mol. The zero-order valence-electron chi connectivity index (χ0n) is 13.2. The number of hydrogen-bond donors (Lipinski definition) is 0. The van der Waals surface area contributed by atoms with Crippen molar-refractivity contribution >= 4 is 6.47 Å². The lowest BCUT2D eigenvalue weighted by molar-refractivity contribution is -0.128. The normalized spacial score (nSPS) is 10.9. The summed E-state index contributed by atoms with van der Waals surface area (Å²) in [5, 5.41) is 0. The van der Waals surface area contributed by atoms with Gasteiger partial charge in [-0.05, 0) is 12.3 Å². The van der Waals surface area contributed by atoms with E-state index in [-0.39, 0.29) is 0 Å². The van der Waals surface area contributed by atoms with E-state index in [1.54, 1.807) is 0 Å². The van der Waals surface area contributed by atoms with Gasteiger partial charge in [0.1, 0.15) is 0 Å². The fourth-order valence-electron chi connectivity index (χ4n) is 2.38. The first-order valence-electron chi connectivity index (χ1n) is 8.32. The van der Waals surface area contributed by atoms with Crippen molar-refractivity contribution < 1.29 is 9.53 Å². The molecule has 0 amide bonds. The minimum Gasteiger partial charge on any atom is -0.468 e. The molecule has 114 valence electrons. The van der Waals surface area contributed by atoms with Crippen LogP contribution in [0.4, 0.5) is 0 Å². The molecular formula is C17H34O2. The predicted octanol–water partition coefficient (Wildman–Crippen LogP) is 5.50. The Morgan fingerprint density at radius 2 is 1.16 bits per heavy atom. The average Bonchev–Trinajstić information content (AvgIpc) is 2.39. The first-order chi connectivity index (χ1) is 9.27. The molecule has 0 unspecified atom stereocenters. The second kappa shape index (κ2) is 15.5. The van der Waals surface area contributed by atoms with E-state index < -0.39 is 0 Å². The Bertz CT molecular complexity index is 178. The molecule has 2 nitrogen and oxygen atoms in total. The molecule has 0 rings (SSSR count). The molecule has 0 fully saturated rings. The van der Waals surface area contributed by atoms with Gasteiger partial charge in [0, 0.05) is 0 Å². The van der Waals surface area contributed by atoms with E-state index in [1.165, 1.54) is 70.6 Å². The standard InChI is InChI=1S/C17H34O2/c1-17(2)14-12-10-8-6-4-3-5-7-9-11-13-15-19-16-18/h16-17H,3-15H2,1-2H3. The Balaban J connectivity index is 2.93. The summed E-state index contributed by atoms with van der Waals surface area (Å²) in [5.41, 5.74) is 0. The highest BCUT2D eigenvalue weighted by Gasteiger charge is 1.95. The Labute approximate surface area is 120 Å². The van der Waals surface area contributed by atoms with Crippen LogP contribution in [0.2, 0.25) is 0 Å². The molecule has 0 aliphatic carbocycles. The fraction of sp³-hybridized carbons (Fsp3) is 0.941. The fourth-order valence-corrected chi connectivity index (χ4v) is 2.38. The van der Waals surface area contributed by atoms with Crippen LogP contribution in [0.15, 0.2) is 0 Å². The van der Waals surface area contributed by atoms with Gasteiger partial charge in [-0.3, -0.25) is 4.79 Å². The van der Waals surface area contributed by atoms with Gasteiger partial charge < -0.3 is 4.74 Å². The number of hydrogen-bond acceptors (Lipinski definition) is 2. The molecule has 19 heavy (non-hydrogen) atoms. The first-order valence-corrected chi connectivity index (χ1v) is 8.32. The lowest BCUT2D eigenvalue weighted by Gasteiger charge is -2.04. The van der Waals surface area contributed by atoms with Gasteiger partial charge in [-0.2, -0.15) is 0 Å². The van der Waals surface area contributed by atoms with Crippen LogP contribution >= 0.6 is 0 Å². The Morgan fingerprint density at radius 3 is 1.58 bits per heavy atom. The zero-order valence-corrected chi connectivity index (χ0v) is 13.2. The second-order valence-electron chi connectivity index (χ2n) is 6.04. The summed E-state index contributed by atoms with van der Waals surface area (Å²) in [7, 11) is 0. The van der Waals surface area contributed by atoms with Gasteiger partial charge in [-0.1, -0.05) is 84.5 Å². The van der Waals surface area contributed by atoms with Crippen LogP contribution in [0, 0.1) is 5.92 Å². The highest BCUT2D eigenvalue weighted by molar-refractivity contribution is 5.36. The van der Waals surface area contributed by atoms with Gasteiger partial charge in [0.25, 0.3) is 6.47 Å². The van der Waals surface area contributed by atoms with Crippen molar-refractivity contribution in [1.82, 2.24) is 0 Å². The lowest BCUT2D eigenvalue weighted by Crippen LogP contribution is -1.91. The van der Waals surface area contributed by atoms with Crippen molar-refractivity contribution in [3.05, 3.63) is 0 Å². The van der Waals surface area contributed by atoms with Crippen LogP contribution in [0.1, 0.15) is 90.9 Å². The molecule has 0 aliphatic rings. The number of carbonyl (C=O) groups is 1. The third-order valence-corrected chi connectivity index (χ3v) is 3.61. The Hall–Kier alpha value is -0.530. The summed E-state index contributed by atoms with van der Waals surface area (Å²) in [6.07, 6.45) is 16.1. The smallest absolute Gasteiger partial charge is 0.293 e. The highest BCUT2D eigenvalue weighted by Crippen LogP contribution is 2.13. The largest absolute Gasteiger partial charge is 0.468 e. The molecule has 2 heteroatoms. The molecule has 0 N–H and O–H groups in total. The van der Waals surface area contributed by atoms with Crippen LogP contribution in [-0.2, 0) is 9.53 Å². The van der Waals surface area contributed by atoms with E-state index in [1.807, 2.05) is 0 Å². The topological polar surface area (TPSA) is 26.3 Å². The quantitative estimate of drug-likeness (QED) is 0.290. The van der Waals surface area contributed by atoms with Crippen molar-refractivity contribution in [2.45, 2.75) is 90.9 Å². The summed E-state index contributed by atoms with van der Waals surface area (Å²) in [6.45, 7) is 5.76. The molecule has 0 aromatic heterocycles. The Kier molecular flexibility index (Phi) is 15.1. The van der Waals surface area contributed by atoms with E-state index in [0.29, 0.717) is 13.1 Å². The maximum Gasteiger partial charge on any atom is 0.293 e. The highest BCUT2D eigenvalue weighted by atomic mass is 16.5. The molecule has 0 bridgehead atoms. The van der Waals surface area contributed by atoms with E-state index in [0.717, 1.165) is 12.3 Å². The molecular weight excluding hydrogens is 236 g/mol. The minimum atomic E-state index is 0.543. The van der Waals surface area contributed by atoms with Crippen LogP contribution in [-0.4, -0.2) is 13.1 Å². The van der Waals surface area contributed by atoms with Gasteiger partial charge in [0.15, 0.2) is 0 Å². The first kappa shape index (κ1) is 18.5. The minimum absolute atomic E-state index is 0.543. The van der Waals surface area contributed by atoms with Crippen LogP contribution in [0.3, 0.4) is 0 Å². The third-order valence-electron chi connectivity index (χ3n) is 3.61. The van der Waals surface area contributed by atoms with Crippen molar-refractivity contribution in [3.63, 3.8) is 0 Å². The molecule has 0 radical (unpaired) electrons. The van der Waals surface area contributed by atoms with Crippen LogP contribution < -0.4 is 0 Å². The van der Waals surface area contributed by atoms with E-state index in [9.17, 15) is 4.79 Å². The number of ether oxygens (including phenoxy) is 1. The molecule has 0 saturated carbocycles. The molecule has 0 saturated heterocycles. The summed E-state index contributed by atoms with van der Waals surface area (Å²) < 4.78 is 4.66. The van der Waals surface area contributed by atoms with Gasteiger partial charge in [-0.15, -0.1) is 0 Å². The van der Waals surface area contributed by atoms with Gasteiger partial charge in [0.2, 0.25) is 0 Å². The zero-order chi connectivity index (χ0) is 14.2. The molecule has 0 atom stereocenters. The lowest BCUT2D eigenvalue weighted by atomic mass is 10.0. The number of rotatable bonds is 15. The van der Waals surface area contributed by atoms with E-state index >= 15 is 0 Å². The van der Waals surface area contributed by atoms with E-state index in [4.69, 9.17) is 0 Å². The predicted molar refractivity (Wildman–Crippen MR) is 82.3 cm³/mol. The van der Waals surface area contributed by atoms with Crippen molar-refractivity contribution in [2.24, 2.45) is 5.92 Å². The number of unbranched alkanes of at least 4 members (excludes halogenated alkanes) is 10. The second-order valence-corrected chi connectivity index (χ2v) is 6.04. The number of carbonyl (C=O) groups excluding carboxylic acids is 1. The molecule has 0 aliphatic heterocycles. The van der Waals surface area contributed by atoms with E-state index in [2.05, 4.69) is 18.6 Å². The van der Waals surface area contributed by atoms with Crippen LogP contribution in [0.25, 0.3) is 0 Å². The molecule has 0 aromatic carbocycles. The maximum absolute atomic E-state index is 9.92.